The summed E-state index contributed by atoms with van der Waals surface area (Å²) in [5.74, 6) is -0.436. The summed E-state index contributed by atoms with van der Waals surface area (Å²) < 4.78 is 16.4. The molecule has 0 aromatic heterocycles. The SMILES string of the molecule is CCOc1ccc(CC(OC(C)C)C(=O)O)cc1COC(=O)Nc1ccc(C)cc1. The van der Waals surface area contributed by atoms with E-state index in [4.69, 9.17) is 14.2 Å². The van der Waals surface area contributed by atoms with Crippen LogP contribution in [0, 0.1) is 6.92 Å². The zero-order chi connectivity index (χ0) is 22.1. The Morgan fingerprint density at radius 2 is 1.80 bits per heavy atom. The minimum atomic E-state index is -1.02. The molecule has 0 saturated carbocycles. The fourth-order valence-electron chi connectivity index (χ4n) is 2.84. The van der Waals surface area contributed by atoms with Gasteiger partial charge >= 0.3 is 12.1 Å². The first kappa shape index (κ1) is 23.2. The Hall–Kier alpha value is -3.06. The van der Waals surface area contributed by atoms with Crippen LogP contribution in [0.4, 0.5) is 10.5 Å². The molecule has 0 aliphatic carbocycles. The van der Waals surface area contributed by atoms with E-state index in [2.05, 4.69) is 5.32 Å². The van der Waals surface area contributed by atoms with Crippen LogP contribution >= 0.6 is 0 Å². The molecular formula is C23H29NO6. The lowest BCUT2D eigenvalue weighted by Crippen LogP contribution is -2.29. The van der Waals surface area contributed by atoms with Crippen LogP contribution < -0.4 is 10.1 Å². The maximum Gasteiger partial charge on any atom is 0.411 e. The number of carbonyl (C=O) groups is 2. The number of benzene rings is 2. The van der Waals surface area contributed by atoms with E-state index in [9.17, 15) is 14.7 Å². The molecule has 2 N–H and O–H groups in total. The van der Waals surface area contributed by atoms with Gasteiger partial charge in [-0.05, 0) is 57.5 Å². The number of rotatable bonds is 10. The monoisotopic (exact) mass is 415 g/mol. The Balaban J connectivity index is 2.08. The van der Waals surface area contributed by atoms with Gasteiger partial charge in [0.1, 0.15) is 12.4 Å². The molecule has 2 aromatic rings. The molecule has 0 aliphatic rings. The van der Waals surface area contributed by atoms with Gasteiger partial charge in [0, 0.05) is 17.7 Å². The minimum absolute atomic E-state index is 0.0103. The molecule has 1 amide bonds. The van der Waals surface area contributed by atoms with Crippen molar-refractivity contribution in [2.45, 2.75) is 52.9 Å². The number of carboxylic acid groups (broad SMARTS) is 1. The Morgan fingerprint density at radius 1 is 1.10 bits per heavy atom. The van der Waals surface area contributed by atoms with E-state index >= 15 is 0 Å². The van der Waals surface area contributed by atoms with Crippen LogP contribution in [0.25, 0.3) is 0 Å². The molecule has 2 aromatic carbocycles. The Bertz CT molecular complexity index is 847. The van der Waals surface area contributed by atoms with Gasteiger partial charge in [-0.25, -0.2) is 9.59 Å². The zero-order valence-corrected chi connectivity index (χ0v) is 17.8. The first-order chi connectivity index (χ1) is 14.3. The van der Waals surface area contributed by atoms with Gasteiger partial charge in [0.25, 0.3) is 0 Å². The maximum atomic E-state index is 12.1. The third kappa shape index (κ3) is 7.40. The van der Waals surface area contributed by atoms with Crippen LogP contribution in [-0.4, -0.2) is 36.0 Å². The second-order valence-corrected chi connectivity index (χ2v) is 7.16. The molecule has 162 valence electrons. The zero-order valence-electron chi connectivity index (χ0n) is 17.8. The van der Waals surface area contributed by atoms with Crippen molar-refractivity contribution < 1.29 is 28.9 Å². The number of carbonyl (C=O) groups excluding carboxylic acids is 1. The molecule has 0 heterocycles. The van der Waals surface area contributed by atoms with Crippen LogP contribution in [0.15, 0.2) is 42.5 Å². The van der Waals surface area contributed by atoms with Crippen molar-refractivity contribution in [1.82, 2.24) is 0 Å². The number of aliphatic carboxylic acids is 1. The summed E-state index contributed by atoms with van der Waals surface area (Å²) in [6.45, 7) is 7.85. The van der Waals surface area contributed by atoms with E-state index in [0.29, 0.717) is 23.6 Å². The van der Waals surface area contributed by atoms with Crippen molar-refractivity contribution in [3.05, 3.63) is 59.2 Å². The largest absolute Gasteiger partial charge is 0.493 e. The van der Waals surface area contributed by atoms with Crippen LogP contribution in [-0.2, 0) is 27.3 Å². The van der Waals surface area contributed by atoms with Crippen molar-refractivity contribution in [2.75, 3.05) is 11.9 Å². The third-order valence-electron chi connectivity index (χ3n) is 4.21. The number of carboxylic acids is 1. The van der Waals surface area contributed by atoms with Gasteiger partial charge in [-0.2, -0.15) is 0 Å². The Labute approximate surface area is 177 Å². The quantitative estimate of drug-likeness (QED) is 0.591. The lowest BCUT2D eigenvalue weighted by atomic mass is 10.0. The summed E-state index contributed by atoms with van der Waals surface area (Å²) in [5.41, 5.74) is 3.14. The van der Waals surface area contributed by atoms with E-state index in [1.54, 1.807) is 44.2 Å². The number of amides is 1. The van der Waals surface area contributed by atoms with E-state index < -0.39 is 18.2 Å². The second-order valence-electron chi connectivity index (χ2n) is 7.16. The summed E-state index contributed by atoms with van der Waals surface area (Å²) in [4.78, 5) is 23.6. The van der Waals surface area contributed by atoms with Gasteiger partial charge in [0.2, 0.25) is 0 Å². The second kappa shape index (κ2) is 11.2. The molecule has 1 atom stereocenters. The first-order valence-corrected chi connectivity index (χ1v) is 9.91. The van der Waals surface area contributed by atoms with Crippen molar-refractivity contribution in [1.29, 1.82) is 0 Å². The van der Waals surface area contributed by atoms with E-state index in [1.165, 1.54) is 0 Å². The average molecular weight is 415 g/mol. The van der Waals surface area contributed by atoms with Crippen LogP contribution in [0.3, 0.4) is 0 Å². The molecule has 0 aliphatic heterocycles. The summed E-state index contributed by atoms with van der Waals surface area (Å²) in [5, 5.41) is 12.1. The van der Waals surface area contributed by atoms with Gasteiger partial charge in [-0.3, -0.25) is 5.32 Å². The molecule has 0 saturated heterocycles. The predicted octanol–water partition coefficient (Wildman–Crippen LogP) is 4.56. The van der Waals surface area contributed by atoms with Gasteiger partial charge in [0.05, 0.1) is 12.7 Å². The molecular weight excluding hydrogens is 386 g/mol. The van der Waals surface area contributed by atoms with Crippen LogP contribution in [0.5, 0.6) is 5.75 Å². The Kier molecular flexibility index (Phi) is 8.68. The molecule has 30 heavy (non-hydrogen) atoms. The molecule has 0 bridgehead atoms. The van der Waals surface area contributed by atoms with Crippen molar-refractivity contribution >= 4 is 17.7 Å². The molecule has 0 fully saturated rings. The van der Waals surface area contributed by atoms with Gasteiger partial charge in [-0.15, -0.1) is 0 Å². The van der Waals surface area contributed by atoms with E-state index in [-0.39, 0.29) is 19.1 Å². The topological polar surface area (TPSA) is 94.1 Å². The highest BCUT2D eigenvalue weighted by Crippen LogP contribution is 2.23. The normalized spacial score (nSPS) is 11.8. The number of nitrogens with one attached hydrogen (secondary N) is 1. The van der Waals surface area contributed by atoms with Gasteiger partial charge in [-0.1, -0.05) is 23.8 Å². The smallest absolute Gasteiger partial charge is 0.411 e. The minimum Gasteiger partial charge on any atom is -0.493 e. The molecule has 1 unspecified atom stereocenters. The fraction of sp³-hybridized carbons (Fsp3) is 0.391. The average Bonchev–Trinajstić information content (AvgIpc) is 2.69. The molecule has 0 spiro atoms. The van der Waals surface area contributed by atoms with E-state index in [1.807, 2.05) is 26.0 Å². The van der Waals surface area contributed by atoms with E-state index in [0.717, 1.165) is 11.1 Å². The third-order valence-corrected chi connectivity index (χ3v) is 4.21. The highest BCUT2D eigenvalue weighted by Gasteiger charge is 2.21. The van der Waals surface area contributed by atoms with Gasteiger partial charge in [0.15, 0.2) is 6.10 Å². The molecule has 2 rings (SSSR count). The number of hydrogen-bond acceptors (Lipinski definition) is 5. The summed E-state index contributed by atoms with van der Waals surface area (Å²) >= 11 is 0. The van der Waals surface area contributed by atoms with Crippen molar-refractivity contribution in [2.24, 2.45) is 0 Å². The molecule has 0 radical (unpaired) electrons. The molecule has 7 nitrogen and oxygen atoms in total. The number of hydrogen-bond donors (Lipinski definition) is 2. The highest BCUT2D eigenvalue weighted by atomic mass is 16.5. The Morgan fingerprint density at radius 3 is 2.40 bits per heavy atom. The predicted molar refractivity (Wildman–Crippen MR) is 114 cm³/mol. The molecule has 7 heteroatoms. The van der Waals surface area contributed by atoms with Crippen LogP contribution in [0.1, 0.15) is 37.5 Å². The maximum absolute atomic E-state index is 12.1. The van der Waals surface area contributed by atoms with Crippen molar-refractivity contribution in [3.8, 4) is 5.75 Å². The highest BCUT2D eigenvalue weighted by molar-refractivity contribution is 5.84. The first-order valence-electron chi connectivity index (χ1n) is 9.91. The number of anilines is 1. The number of aryl methyl sites for hydroxylation is 1. The summed E-state index contributed by atoms with van der Waals surface area (Å²) in [6, 6.07) is 12.7. The van der Waals surface area contributed by atoms with Crippen LogP contribution in [0.2, 0.25) is 0 Å². The summed E-state index contributed by atoms with van der Waals surface area (Å²) in [7, 11) is 0. The van der Waals surface area contributed by atoms with Crippen molar-refractivity contribution in [3.63, 3.8) is 0 Å². The lowest BCUT2D eigenvalue weighted by Gasteiger charge is -2.18. The lowest BCUT2D eigenvalue weighted by molar-refractivity contribution is -0.153. The fourth-order valence-corrected chi connectivity index (χ4v) is 2.84. The van der Waals surface area contributed by atoms with Gasteiger partial charge < -0.3 is 19.3 Å². The summed E-state index contributed by atoms with van der Waals surface area (Å²) in [6.07, 6.45) is -1.55. The standard InChI is InChI=1S/C23H29NO6/c1-5-28-20-11-8-17(13-21(22(25)26)30-15(2)3)12-18(20)14-29-23(27)24-19-9-6-16(4)7-10-19/h6-12,15,21H,5,13-14H2,1-4H3,(H,24,27)(H,25,26). The number of ether oxygens (including phenoxy) is 3.